The zero-order valence-electron chi connectivity index (χ0n) is 11.0. The van der Waals surface area contributed by atoms with Crippen LogP contribution >= 0.6 is 22.6 Å². The maximum atomic E-state index is 12.3. The van der Waals surface area contributed by atoms with E-state index in [1.54, 1.807) is 0 Å². The fourth-order valence-electron chi connectivity index (χ4n) is 2.13. The number of amides is 1. The number of anilines is 1. The molecule has 2 N–H and O–H groups in total. The fraction of sp³-hybridized carbons (Fsp3) is 0.500. The summed E-state index contributed by atoms with van der Waals surface area (Å²) in [5.41, 5.74) is 0.870. The van der Waals surface area contributed by atoms with Gasteiger partial charge in [0.1, 0.15) is 0 Å². The van der Waals surface area contributed by atoms with Gasteiger partial charge in [0.25, 0.3) is 0 Å². The number of hydrogen-bond donors (Lipinski definition) is 2. The van der Waals surface area contributed by atoms with Crippen LogP contribution in [0.2, 0.25) is 0 Å². The summed E-state index contributed by atoms with van der Waals surface area (Å²) in [6.07, 6.45) is 1.06. The van der Waals surface area contributed by atoms with Crippen molar-refractivity contribution in [3.05, 3.63) is 27.8 Å². The Hall–Kier alpha value is -0.660. The molecule has 0 aliphatic carbocycles. The van der Waals surface area contributed by atoms with Crippen molar-refractivity contribution >= 4 is 34.2 Å². The van der Waals surface area contributed by atoms with Crippen LogP contribution in [0.3, 0.4) is 0 Å². The first-order valence-electron chi connectivity index (χ1n) is 6.59. The Morgan fingerprint density at radius 2 is 2.21 bits per heavy atom. The Bertz CT molecular complexity index is 439. The van der Waals surface area contributed by atoms with Gasteiger partial charge < -0.3 is 15.4 Å². The van der Waals surface area contributed by atoms with Gasteiger partial charge in [0.15, 0.2) is 0 Å². The van der Waals surface area contributed by atoms with Gasteiger partial charge in [0.05, 0.1) is 24.8 Å². The summed E-state index contributed by atoms with van der Waals surface area (Å²) < 4.78 is 6.48. The first-order chi connectivity index (χ1) is 9.22. The van der Waals surface area contributed by atoms with Crippen LogP contribution in [0.4, 0.5) is 5.69 Å². The summed E-state index contributed by atoms with van der Waals surface area (Å²) in [7, 11) is 0. The molecule has 2 atom stereocenters. The predicted octanol–water partition coefficient (Wildman–Crippen LogP) is 2.24. The zero-order valence-corrected chi connectivity index (χ0v) is 13.1. The highest BCUT2D eigenvalue weighted by Gasteiger charge is 2.33. The van der Waals surface area contributed by atoms with E-state index in [1.807, 2.05) is 24.3 Å². The van der Waals surface area contributed by atoms with E-state index in [0.717, 1.165) is 22.2 Å². The van der Waals surface area contributed by atoms with Crippen molar-refractivity contribution in [2.75, 3.05) is 25.1 Å². The van der Waals surface area contributed by atoms with Crippen molar-refractivity contribution in [3.8, 4) is 0 Å². The molecule has 2 unspecified atom stereocenters. The Morgan fingerprint density at radius 1 is 1.42 bits per heavy atom. The first-order valence-corrected chi connectivity index (χ1v) is 7.66. The topological polar surface area (TPSA) is 50.4 Å². The van der Waals surface area contributed by atoms with Gasteiger partial charge in [0.2, 0.25) is 5.91 Å². The molecule has 0 bridgehead atoms. The molecule has 0 saturated carbocycles. The van der Waals surface area contributed by atoms with Crippen molar-refractivity contribution in [1.29, 1.82) is 0 Å². The lowest BCUT2D eigenvalue weighted by molar-refractivity contribution is -0.120. The summed E-state index contributed by atoms with van der Waals surface area (Å²) in [6.45, 7) is 4.14. The second kappa shape index (κ2) is 7.21. The molecule has 4 nitrogen and oxygen atoms in total. The summed E-state index contributed by atoms with van der Waals surface area (Å²) in [5.74, 6) is -0.0715. The average molecular weight is 374 g/mol. The van der Waals surface area contributed by atoms with E-state index in [0.29, 0.717) is 13.2 Å². The normalized spacial score (nSPS) is 22.4. The lowest BCUT2D eigenvalue weighted by Gasteiger charge is -2.18. The van der Waals surface area contributed by atoms with Crippen LogP contribution in [0.1, 0.15) is 13.3 Å². The number of carbonyl (C=O) groups excluding carboxylic acids is 1. The highest BCUT2D eigenvalue weighted by Crippen LogP contribution is 2.20. The number of rotatable bonds is 5. The molecule has 1 aliphatic rings. The number of halogens is 1. The summed E-state index contributed by atoms with van der Waals surface area (Å²) >= 11 is 2.22. The number of hydrogen-bond acceptors (Lipinski definition) is 3. The summed E-state index contributed by atoms with van der Waals surface area (Å²) in [6, 6.07) is 7.91. The molecule has 0 radical (unpaired) electrons. The van der Waals surface area contributed by atoms with Gasteiger partial charge in [-0.05, 0) is 47.7 Å². The number of carbonyl (C=O) groups is 1. The standard InChI is InChI=1S/C14H19IN2O2/c1-2-7-16-13-9-19-8-10(13)14(18)17-12-6-4-3-5-11(12)15/h3-6,10,13,16H,2,7-9H2,1H3,(H,17,18). The fourth-order valence-corrected chi connectivity index (χ4v) is 2.65. The molecule has 1 saturated heterocycles. The van der Waals surface area contributed by atoms with Crippen LogP contribution < -0.4 is 10.6 Å². The molecule has 19 heavy (non-hydrogen) atoms. The molecule has 1 aliphatic heterocycles. The van der Waals surface area contributed by atoms with Crippen LogP contribution in [0.5, 0.6) is 0 Å². The molecular formula is C14H19IN2O2. The molecule has 1 amide bonds. The third kappa shape index (κ3) is 3.90. The number of nitrogens with one attached hydrogen (secondary N) is 2. The molecular weight excluding hydrogens is 355 g/mol. The number of benzene rings is 1. The van der Waals surface area contributed by atoms with Gasteiger partial charge in [0, 0.05) is 9.61 Å². The molecule has 0 aromatic heterocycles. The Morgan fingerprint density at radius 3 is 2.95 bits per heavy atom. The van der Waals surface area contributed by atoms with E-state index in [9.17, 15) is 4.79 Å². The quantitative estimate of drug-likeness (QED) is 0.778. The van der Waals surface area contributed by atoms with Crippen LogP contribution in [0.25, 0.3) is 0 Å². The minimum atomic E-state index is -0.109. The van der Waals surface area contributed by atoms with Gasteiger partial charge >= 0.3 is 0 Å². The molecule has 104 valence electrons. The Labute approximate surface area is 127 Å². The van der Waals surface area contributed by atoms with E-state index in [-0.39, 0.29) is 17.9 Å². The van der Waals surface area contributed by atoms with E-state index < -0.39 is 0 Å². The van der Waals surface area contributed by atoms with Gasteiger partial charge in [-0.2, -0.15) is 0 Å². The lowest BCUT2D eigenvalue weighted by Crippen LogP contribution is -2.41. The maximum absolute atomic E-state index is 12.3. The highest BCUT2D eigenvalue weighted by atomic mass is 127. The van der Waals surface area contributed by atoms with Gasteiger partial charge in [-0.15, -0.1) is 0 Å². The SMILES string of the molecule is CCCNC1COCC1C(=O)Nc1ccccc1I. The minimum absolute atomic E-state index is 0.0372. The van der Waals surface area contributed by atoms with Crippen molar-refractivity contribution in [1.82, 2.24) is 5.32 Å². The monoisotopic (exact) mass is 374 g/mol. The Balaban J connectivity index is 1.97. The Kier molecular flexibility index (Phi) is 5.59. The summed E-state index contributed by atoms with van der Waals surface area (Å²) in [5, 5.41) is 6.37. The zero-order chi connectivity index (χ0) is 13.7. The van der Waals surface area contributed by atoms with E-state index in [2.05, 4.69) is 40.1 Å². The highest BCUT2D eigenvalue weighted by molar-refractivity contribution is 14.1. The van der Waals surface area contributed by atoms with Crippen LogP contribution in [0.15, 0.2) is 24.3 Å². The maximum Gasteiger partial charge on any atom is 0.231 e. The lowest BCUT2D eigenvalue weighted by atomic mass is 10.0. The molecule has 0 spiro atoms. The van der Waals surface area contributed by atoms with Crippen LogP contribution in [-0.2, 0) is 9.53 Å². The van der Waals surface area contributed by atoms with E-state index in [1.165, 1.54) is 0 Å². The van der Waals surface area contributed by atoms with Crippen LogP contribution in [-0.4, -0.2) is 31.7 Å². The molecule has 2 rings (SSSR count). The van der Waals surface area contributed by atoms with E-state index >= 15 is 0 Å². The summed E-state index contributed by atoms with van der Waals surface area (Å²) in [4.78, 5) is 12.3. The molecule has 1 fully saturated rings. The molecule has 1 heterocycles. The predicted molar refractivity (Wildman–Crippen MR) is 84.2 cm³/mol. The van der Waals surface area contributed by atoms with Crippen molar-refractivity contribution < 1.29 is 9.53 Å². The largest absolute Gasteiger partial charge is 0.379 e. The van der Waals surface area contributed by atoms with Crippen molar-refractivity contribution in [2.24, 2.45) is 5.92 Å². The van der Waals surface area contributed by atoms with E-state index in [4.69, 9.17) is 4.74 Å². The minimum Gasteiger partial charge on any atom is -0.379 e. The second-order valence-electron chi connectivity index (χ2n) is 4.67. The smallest absolute Gasteiger partial charge is 0.231 e. The number of ether oxygens (including phenoxy) is 1. The van der Waals surface area contributed by atoms with Crippen molar-refractivity contribution in [3.63, 3.8) is 0 Å². The molecule has 1 aromatic carbocycles. The molecule has 5 heteroatoms. The third-order valence-corrected chi connectivity index (χ3v) is 4.15. The van der Waals surface area contributed by atoms with Crippen LogP contribution in [0, 0.1) is 9.49 Å². The van der Waals surface area contributed by atoms with Crippen molar-refractivity contribution in [2.45, 2.75) is 19.4 Å². The first kappa shape index (κ1) is 14.7. The third-order valence-electron chi connectivity index (χ3n) is 3.21. The van der Waals surface area contributed by atoms with Gasteiger partial charge in [-0.1, -0.05) is 19.1 Å². The van der Waals surface area contributed by atoms with Gasteiger partial charge in [-0.25, -0.2) is 0 Å². The number of para-hydroxylation sites is 1. The van der Waals surface area contributed by atoms with Gasteiger partial charge in [-0.3, -0.25) is 4.79 Å². The molecule has 1 aromatic rings. The second-order valence-corrected chi connectivity index (χ2v) is 5.84. The average Bonchev–Trinajstić information content (AvgIpc) is 2.87.